The Hall–Kier alpha value is -0.820. The SMILES string of the molecule is CCNC(=NCC(C)(C)S(C)(=O)=O)NCCCOC1CCCCC1. The third kappa shape index (κ3) is 7.83. The number of ether oxygens (including phenoxy) is 1. The normalized spacial score (nSPS) is 17.8. The molecule has 0 heterocycles. The van der Waals surface area contributed by atoms with Crippen LogP contribution in [0.25, 0.3) is 0 Å². The fourth-order valence-corrected chi connectivity index (χ4v) is 2.79. The van der Waals surface area contributed by atoms with Crippen molar-refractivity contribution in [2.45, 2.75) is 70.1 Å². The zero-order valence-corrected chi connectivity index (χ0v) is 16.5. The zero-order valence-electron chi connectivity index (χ0n) is 15.7. The van der Waals surface area contributed by atoms with Crippen LogP contribution in [0.1, 0.15) is 59.3 Å². The highest BCUT2D eigenvalue weighted by molar-refractivity contribution is 7.92. The summed E-state index contributed by atoms with van der Waals surface area (Å²) in [6.45, 7) is 7.89. The van der Waals surface area contributed by atoms with Gasteiger partial charge >= 0.3 is 0 Å². The molecule has 0 atom stereocenters. The number of hydrogen-bond acceptors (Lipinski definition) is 4. The molecule has 1 fully saturated rings. The Morgan fingerprint density at radius 3 is 2.46 bits per heavy atom. The molecule has 0 bridgehead atoms. The minimum atomic E-state index is -3.14. The molecule has 7 heteroatoms. The largest absolute Gasteiger partial charge is 0.378 e. The molecule has 24 heavy (non-hydrogen) atoms. The standard InChI is InChI=1S/C17H35N3O3S/c1-5-18-16(20-14-17(2,3)24(4,21)22)19-12-9-13-23-15-10-7-6-8-11-15/h15H,5-14H2,1-4H3,(H2,18,19,20). The molecule has 0 amide bonds. The molecule has 1 aliphatic rings. The van der Waals surface area contributed by atoms with Crippen molar-refractivity contribution in [2.75, 3.05) is 32.5 Å². The molecule has 0 aromatic heterocycles. The number of nitrogens with one attached hydrogen (secondary N) is 2. The fraction of sp³-hybridized carbons (Fsp3) is 0.941. The number of hydrogen-bond donors (Lipinski definition) is 2. The highest BCUT2D eigenvalue weighted by Crippen LogP contribution is 2.20. The molecule has 2 N–H and O–H groups in total. The van der Waals surface area contributed by atoms with Crippen LogP contribution in [0.4, 0.5) is 0 Å². The second-order valence-electron chi connectivity index (χ2n) is 7.14. The van der Waals surface area contributed by atoms with Gasteiger partial charge in [0.25, 0.3) is 0 Å². The quantitative estimate of drug-likeness (QED) is 0.373. The summed E-state index contributed by atoms with van der Waals surface area (Å²) in [5.74, 6) is 0.659. The molecule has 142 valence electrons. The van der Waals surface area contributed by atoms with E-state index in [9.17, 15) is 8.42 Å². The fourth-order valence-electron chi connectivity index (χ4n) is 2.49. The zero-order chi connectivity index (χ0) is 18.1. The van der Waals surface area contributed by atoms with E-state index in [4.69, 9.17) is 4.74 Å². The molecule has 0 radical (unpaired) electrons. The van der Waals surface area contributed by atoms with Crippen LogP contribution in [0.5, 0.6) is 0 Å². The van der Waals surface area contributed by atoms with Gasteiger partial charge in [-0.1, -0.05) is 19.3 Å². The van der Waals surface area contributed by atoms with E-state index >= 15 is 0 Å². The number of guanidine groups is 1. The molecule has 1 aliphatic carbocycles. The summed E-state index contributed by atoms with van der Waals surface area (Å²) in [6, 6.07) is 0. The Labute approximate surface area is 147 Å². The average Bonchev–Trinajstić information content (AvgIpc) is 2.52. The van der Waals surface area contributed by atoms with Crippen molar-refractivity contribution in [1.82, 2.24) is 10.6 Å². The van der Waals surface area contributed by atoms with Crippen molar-refractivity contribution in [2.24, 2.45) is 4.99 Å². The Morgan fingerprint density at radius 2 is 1.88 bits per heavy atom. The number of aliphatic imine (C=N–C) groups is 1. The van der Waals surface area contributed by atoms with Gasteiger partial charge in [0.05, 0.1) is 17.4 Å². The molecule has 6 nitrogen and oxygen atoms in total. The number of rotatable bonds is 9. The second-order valence-corrected chi connectivity index (χ2v) is 9.79. The smallest absolute Gasteiger partial charge is 0.191 e. The van der Waals surface area contributed by atoms with Crippen LogP contribution >= 0.6 is 0 Å². The Balaban J connectivity index is 2.33. The van der Waals surface area contributed by atoms with Crippen LogP contribution in [-0.4, -0.2) is 57.7 Å². The lowest BCUT2D eigenvalue weighted by Gasteiger charge is -2.22. The van der Waals surface area contributed by atoms with E-state index in [0.717, 1.165) is 26.1 Å². The Morgan fingerprint density at radius 1 is 1.21 bits per heavy atom. The summed E-state index contributed by atoms with van der Waals surface area (Å²) >= 11 is 0. The number of sulfone groups is 1. The van der Waals surface area contributed by atoms with Crippen LogP contribution in [0.3, 0.4) is 0 Å². The van der Waals surface area contributed by atoms with E-state index in [0.29, 0.717) is 12.1 Å². The predicted molar refractivity (Wildman–Crippen MR) is 100 cm³/mol. The molecule has 1 rings (SSSR count). The first-order valence-corrected chi connectivity index (χ1v) is 11.0. The van der Waals surface area contributed by atoms with Crippen molar-refractivity contribution >= 4 is 15.8 Å². The number of nitrogens with zero attached hydrogens (tertiary/aromatic N) is 1. The maximum Gasteiger partial charge on any atom is 0.191 e. The molecule has 0 unspecified atom stereocenters. The lowest BCUT2D eigenvalue weighted by Crippen LogP contribution is -2.41. The van der Waals surface area contributed by atoms with E-state index < -0.39 is 14.6 Å². The van der Waals surface area contributed by atoms with Crippen LogP contribution in [-0.2, 0) is 14.6 Å². The van der Waals surface area contributed by atoms with Gasteiger partial charge in [-0.3, -0.25) is 4.99 Å². The summed E-state index contributed by atoms with van der Waals surface area (Å²) in [5.41, 5.74) is 0. The van der Waals surface area contributed by atoms with Crippen LogP contribution in [0.2, 0.25) is 0 Å². The monoisotopic (exact) mass is 361 g/mol. The Kier molecular flexibility index (Phi) is 9.05. The van der Waals surface area contributed by atoms with Crippen molar-refractivity contribution < 1.29 is 13.2 Å². The second kappa shape index (κ2) is 10.2. The summed E-state index contributed by atoms with van der Waals surface area (Å²) in [5, 5.41) is 6.40. The summed E-state index contributed by atoms with van der Waals surface area (Å²) in [7, 11) is -3.14. The lowest BCUT2D eigenvalue weighted by atomic mass is 9.98. The summed E-state index contributed by atoms with van der Waals surface area (Å²) in [4.78, 5) is 4.41. The van der Waals surface area contributed by atoms with Crippen molar-refractivity contribution in [3.8, 4) is 0 Å². The molecule has 1 saturated carbocycles. The van der Waals surface area contributed by atoms with Crippen LogP contribution in [0.15, 0.2) is 4.99 Å². The first kappa shape index (κ1) is 21.2. The van der Waals surface area contributed by atoms with E-state index in [-0.39, 0.29) is 6.54 Å². The summed E-state index contributed by atoms with van der Waals surface area (Å²) in [6.07, 6.45) is 8.91. The molecule has 0 saturated heterocycles. The average molecular weight is 362 g/mol. The summed E-state index contributed by atoms with van der Waals surface area (Å²) < 4.78 is 28.5. The van der Waals surface area contributed by atoms with Gasteiger partial charge in [0, 0.05) is 26.0 Å². The maximum atomic E-state index is 11.7. The van der Waals surface area contributed by atoms with Gasteiger partial charge < -0.3 is 15.4 Å². The molecule has 0 aromatic rings. The van der Waals surface area contributed by atoms with Gasteiger partial charge in [-0.15, -0.1) is 0 Å². The Bertz CT molecular complexity index is 483. The van der Waals surface area contributed by atoms with E-state index in [2.05, 4.69) is 15.6 Å². The van der Waals surface area contributed by atoms with E-state index in [1.165, 1.54) is 38.4 Å². The van der Waals surface area contributed by atoms with E-state index in [1.807, 2.05) is 6.92 Å². The maximum absolute atomic E-state index is 11.7. The third-order valence-corrected chi connectivity index (χ3v) is 6.62. The van der Waals surface area contributed by atoms with Gasteiger partial charge in [0.1, 0.15) is 0 Å². The van der Waals surface area contributed by atoms with Gasteiger partial charge in [-0.2, -0.15) is 0 Å². The molecular weight excluding hydrogens is 326 g/mol. The molecule has 0 spiro atoms. The van der Waals surface area contributed by atoms with Gasteiger partial charge in [0.2, 0.25) is 0 Å². The van der Waals surface area contributed by atoms with Crippen molar-refractivity contribution in [1.29, 1.82) is 0 Å². The van der Waals surface area contributed by atoms with Crippen LogP contribution < -0.4 is 10.6 Å². The molecule has 0 aliphatic heterocycles. The lowest BCUT2D eigenvalue weighted by molar-refractivity contribution is 0.0277. The van der Waals surface area contributed by atoms with E-state index in [1.54, 1.807) is 13.8 Å². The van der Waals surface area contributed by atoms with Gasteiger partial charge in [0.15, 0.2) is 15.8 Å². The highest BCUT2D eigenvalue weighted by Gasteiger charge is 2.29. The van der Waals surface area contributed by atoms with Gasteiger partial charge in [-0.25, -0.2) is 8.42 Å². The van der Waals surface area contributed by atoms with Crippen LogP contribution in [0, 0.1) is 0 Å². The molecular formula is C17H35N3O3S. The topological polar surface area (TPSA) is 79.8 Å². The van der Waals surface area contributed by atoms with Crippen molar-refractivity contribution in [3.63, 3.8) is 0 Å². The molecule has 0 aromatic carbocycles. The van der Waals surface area contributed by atoms with Gasteiger partial charge in [-0.05, 0) is 40.0 Å². The minimum absolute atomic E-state index is 0.236. The minimum Gasteiger partial charge on any atom is -0.378 e. The predicted octanol–water partition coefficient (Wildman–Crippen LogP) is 2.10. The first-order chi connectivity index (χ1) is 11.3. The highest BCUT2D eigenvalue weighted by atomic mass is 32.2. The van der Waals surface area contributed by atoms with Crippen molar-refractivity contribution in [3.05, 3.63) is 0 Å². The first-order valence-electron chi connectivity index (χ1n) is 9.09. The third-order valence-electron chi connectivity index (χ3n) is 4.49.